The summed E-state index contributed by atoms with van der Waals surface area (Å²) in [5.41, 5.74) is 19.6. The van der Waals surface area contributed by atoms with Crippen molar-refractivity contribution in [2.24, 2.45) is 0 Å². The molecule has 0 spiro atoms. The fraction of sp³-hybridized carbons (Fsp3) is 0.280. The van der Waals surface area contributed by atoms with Crippen molar-refractivity contribution in [3.63, 3.8) is 0 Å². The van der Waals surface area contributed by atoms with Crippen molar-refractivity contribution in [2.75, 3.05) is 4.90 Å². The van der Waals surface area contributed by atoms with Crippen LogP contribution in [0.25, 0.3) is 33.4 Å². The molecule has 1 nitrogen and oxygen atoms in total. The van der Waals surface area contributed by atoms with E-state index in [1.165, 1.54) is 78.1 Å². The highest BCUT2D eigenvalue weighted by molar-refractivity contribution is 5.96. The zero-order valence-electron chi connectivity index (χ0n) is 32.1. The van der Waals surface area contributed by atoms with Crippen molar-refractivity contribution in [3.8, 4) is 33.4 Å². The molecule has 0 radical (unpaired) electrons. The van der Waals surface area contributed by atoms with Crippen molar-refractivity contribution in [1.82, 2.24) is 0 Å². The van der Waals surface area contributed by atoms with Crippen molar-refractivity contribution in [1.29, 1.82) is 0 Å². The van der Waals surface area contributed by atoms with Gasteiger partial charge in [-0.25, -0.2) is 0 Å². The first-order chi connectivity index (χ1) is 24.1. The molecule has 0 fully saturated rings. The molecule has 6 aromatic rings. The molecule has 0 saturated heterocycles. The van der Waals surface area contributed by atoms with Crippen LogP contribution >= 0.6 is 0 Å². The Labute approximate surface area is 306 Å². The molecular weight excluding hydrogens is 615 g/mol. The molecule has 0 saturated carbocycles. The Bertz CT molecular complexity index is 2300. The maximum absolute atomic E-state index is 2.55. The molecule has 2 aliphatic carbocycles. The Hall–Kier alpha value is -4.88. The smallest absolute Gasteiger partial charge is 0.0546 e. The van der Waals surface area contributed by atoms with E-state index in [1.807, 2.05) is 0 Å². The van der Waals surface area contributed by atoms with Gasteiger partial charge in [0, 0.05) is 27.8 Å². The Kier molecular flexibility index (Phi) is 7.38. The van der Waals surface area contributed by atoms with Gasteiger partial charge in [-0.3, -0.25) is 0 Å². The summed E-state index contributed by atoms with van der Waals surface area (Å²) in [5.74, 6) is 0. The maximum Gasteiger partial charge on any atom is 0.0546 e. The molecule has 0 aliphatic heterocycles. The molecule has 256 valence electrons. The Balaban J connectivity index is 1.41. The average Bonchev–Trinajstić information content (AvgIpc) is 3.47. The largest absolute Gasteiger partial charge is 0.310 e. The predicted molar refractivity (Wildman–Crippen MR) is 219 cm³/mol. The van der Waals surface area contributed by atoms with E-state index in [-0.39, 0.29) is 21.7 Å². The molecule has 0 N–H and O–H groups in total. The third-order valence-electron chi connectivity index (χ3n) is 11.8. The molecule has 6 aromatic carbocycles. The first kappa shape index (κ1) is 33.3. The molecule has 0 aromatic heterocycles. The van der Waals surface area contributed by atoms with Crippen molar-refractivity contribution < 1.29 is 0 Å². The summed E-state index contributed by atoms with van der Waals surface area (Å²) in [6.45, 7) is 23.6. The maximum atomic E-state index is 2.55. The number of hydrogen-bond acceptors (Lipinski definition) is 1. The number of nitrogens with zero attached hydrogens (tertiary/aromatic N) is 1. The van der Waals surface area contributed by atoms with Crippen LogP contribution in [0.5, 0.6) is 0 Å². The molecule has 2 aliphatic rings. The molecule has 8 rings (SSSR count). The second-order valence-electron chi connectivity index (χ2n) is 18.0. The molecule has 1 heteroatoms. The second-order valence-corrected chi connectivity index (χ2v) is 18.0. The van der Waals surface area contributed by atoms with E-state index in [9.17, 15) is 0 Å². The van der Waals surface area contributed by atoms with Crippen LogP contribution in [0.2, 0.25) is 0 Å². The predicted octanol–water partition coefficient (Wildman–Crippen LogP) is 14.0. The zero-order valence-corrected chi connectivity index (χ0v) is 32.1. The normalized spacial score (nSPS) is 15.2. The summed E-state index contributed by atoms with van der Waals surface area (Å²) in [4.78, 5) is 2.55. The quantitative estimate of drug-likeness (QED) is 0.181. The van der Waals surface area contributed by atoms with Gasteiger partial charge in [0.15, 0.2) is 0 Å². The zero-order chi connectivity index (χ0) is 36.1. The van der Waals surface area contributed by atoms with Gasteiger partial charge in [0.25, 0.3) is 0 Å². The van der Waals surface area contributed by atoms with Crippen LogP contribution in [-0.4, -0.2) is 0 Å². The van der Waals surface area contributed by atoms with Crippen molar-refractivity contribution in [2.45, 2.75) is 90.9 Å². The summed E-state index contributed by atoms with van der Waals surface area (Å²) in [5, 5.41) is 0. The number of benzene rings is 6. The molecule has 0 unspecified atom stereocenters. The Morgan fingerprint density at radius 2 is 0.941 bits per heavy atom. The third kappa shape index (κ3) is 5.27. The van der Waals surface area contributed by atoms with Crippen LogP contribution in [0, 0.1) is 0 Å². The van der Waals surface area contributed by atoms with E-state index in [0.717, 1.165) is 5.69 Å². The Morgan fingerprint density at radius 1 is 0.412 bits per heavy atom. The van der Waals surface area contributed by atoms with E-state index in [1.54, 1.807) is 0 Å². The van der Waals surface area contributed by atoms with Crippen LogP contribution in [0.1, 0.15) is 103 Å². The lowest BCUT2D eigenvalue weighted by molar-refractivity contribution is 0.580. The summed E-state index contributed by atoms with van der Waals surface area (Å²) in [6.07, 6.45) is 0. The number of fused-ring (bicyclic) bond motifs is 6. The van der Waals surface area contributed by atoms with Crippen molar-refractivity contribution in [3.05, 3.63) is 161 Å². The van der Waals surface area contributed by atoms with Gasteiger partial charge in [-0.2, -0.15) is 0 Å². The highest BCUT2D eigenvalue weighted by atomic mass is 15.1. The first-order valence-corrected chi connectivity index (χ1v) is 18.6. The summed E-state index contributed by atoms with van der Waals surface area (Å²) in [7, 11) is 0. The summed E-state index contributed by atoms with van der Waals surface area (Å²) < 4.78 is 0. The van der Waals surface area contributed by atoms with E-state index < -0.39 is 0 Å². The number of anilines is 3. The lowest BCUT2D eigenvalue weighted by Crippen LogP contribution is -2.20. The van der Waals surface area contributed by atoms with E-state index >= 15 is 0 Å². The lowest BCUT2D eigenvalue weighted by atomic mass is 9.77. The highest BCUT2D eigenvalue weighted by Gasteiger charge is 2.41. The molecule has 0 atom stereocenters. The minimum atomic E-state index is -0.146. The van der Waals surface area contributed by atoms with Crippen LogP contribution in [0.3, 0.4) is 0 Å². The number of hydrogen-bond donors (Lipinski definition) is 0. The molecule has 0 heterocycles. The van der Waals surface area contributed by atoms with Gasteiger partial charge < -0.3 is 4.90 Å². The minimum Gasteiger partial charge on any atom is -0.310 e. The van der Waals surface area contributed by atoms with Gasteiger partial charge >= 0.3 is 0 Å². The molecular formula is C50H51N. The van der Waals surface area contributed by atoms with Crippen LogP contribution in [0.4, 0.5) is 17.1 Å². The highest BCUT2D eigenvalue weighted by Crippen LogP contribution is 2.57. The van der Waals surface area contributed by atoms with E-state index in [2.05, 4.69) is 202 Å². The average molecular weight is 666 g/mol. The fourth-order valence-corrected chi connectivity index (χ4v) is 8.60. The third-order valence-corrected chi connectivity index (χ3v) is 11.8. The Morgan fingerprint density at radius 3 is 1.63 bits per heavy atom. The van der Waals surface area contributed by atoms with Gasteiger partial charge in [0.05, 0.1) is 5.69 Å². The van der Waals surface area contributed by atoms with Gasteiger partial charge in [-0.15, -0.1) is 0 Å². The minimum absolute atomic E-state index is 0.0321. The van der Waals surface area contributed by atoms with Crippen molar-refractivity contribution >= 4 is 17.1 Å². The van der Waals surface area contributed by atoms with E-state index in [0.29, 0.717) is 0 Å². The van der Waals surface area contributed by atoms with Crippen LogP contribution in [-0.2, 0) is 21.7 Å². The summed E-state index contributed by atoms with van der Waals surface area (Å²) in [6, 6.07) is 48.3. The standard InChI is InChI=1S/C50H51N/c1-47(2,3)34-22-26-40-42(28-34)50(9,10)44-29-35(48(4,5)6)30-45(46(40)44)51(36-23-20-33(21-24-36)32-16-12-11-13-17-32)37-25-27-39-38-18-14-15-19-41(38)49(7,8)43(39)31-37/h11-31H,1-10H3. The topological polar surface area (TPSA) is 3.24 Å². The van der Waals surface area contributed by atoms with Crippen LogP contribution in [0.15, 0.2) is 127 Å². The lowest BCUT2D eigenvalue weighted by Gasteiger charge is -2.33. The first-order valence-electron chi connectivity index (χ1n) is 18.6. The van der Waals surface area contributed by atoms with Crippen LogP contribution < -0.4 is 4.90 Å². The number of rotatable bonds is 4. The van der Waals surface area contributed by atoms with Gasteiger partial charge in [-0.05, 0) is 102 Å². The summed E-state index contributed by atoms with van der Waals surface area (Å²) >= 11 is 0. The molecule has 0 bridgehead atoms. The molecule has 51 heavy (non-hydrogen) atoms. The second kappa shape index (κ2) is 11.3. The molecule has 0 amide bonds. The fourth-order valence-electron chi connectivity index (χ4n) is 8.60. The van der Waals surface area contributed by atoms with Gasteiger partial charge in [0.2, 0.25) is 0 Å². The van der Waals surface area contributed by atoms with E-state index in [4.69, 9.17) is 0 Å². The monoisotopic (exact) mass is 665 g/mol. The van der Waals surface area contributed by atoms with Gasteiger partial charge in [0.1, 0.15) is 0 Å². The SMILES string of the molecule is CC(C)(C)c1ccc2c(c1)C(C)(C)c1cc(C(C)(C)C)cc(N(c3ccc(-c4ccccc4)cc3)c3ccc4c(c3)C(C)(C)c3ccccc3-4)c1-2. The van der Waals surface area contributed by atoms with Gasteiger partial charge in [-0.1, -0.05) is 166 Å².